The summed E-state index contributed by atoms with van der Waals surface area (Å²) in [6, 6.07) is 71.3. The fraction of sp³-hybridized carbons (Fsp3) is 0. The summed E-state index contributed by atoms with van der Waals surface area (Å²) in [5.41, 5.74) is 9.98. The van der Waals surface area contributed by atoms with Crippen LogP contribution in [0.3, 0.4) is 0 Å². The largest absolute Gasteiger partial charge is 2.00 e. The Morgan fingerprint density at radius 2 is 1.19 bits per heavy atom. The molecule has 0 bridgehead atoms. The second kappa shape index (κ2) is 14.7. The summed E-state index contributed by atoms with van der Waals surface area (Å²) < 4.78 is 12.9. The summed E-state index contributed by atoms with van der Waals surface area (Å²) >= 11 is 0. The van der Waals surface area contributed by atoms with Crippen molar-refractivity contribution in [1.82, 2.24) is 23.7 Å². The van der Waals surface area contributed by atoms with Crippen LogP contribution in [0.2, 0.25) is 0 Å². The van der Waals surface area contributed by atoms with Crippen molar-refractivity contribution in [2.45, 2.75) is 0 Å². The van der Waals surface area contributed by atoms with Crippen molar-refractivity contribution >= 4 is 61.5 Å². The van der Waals surface area contributed by atoms with Gasteiger partial charge in [0.2, 0.25) is 5.69 Å². The molecule has 10 aromatic rings. The van der Waals surface area contributed by atoms with Gasteiger partial charge in [0, 0.05) is 30.0 Å². The summed E-state index contributed by atoms with van der Waals surface area (Å²) in [4.78, 5) is 9.35. The standard InChI is InChI=1S/C51H31N5O.Pd/c1-3-14-35(15-4-1)41-22-12-23-42(36-16-5-2-6-17-36)49(41)55-34-54(46-29-26-37-18-7-8-21-43(37)50(46)55)38-19-11-20-39(32-38)57-40-27-28-44-45-24-13-31-53-51(45)56(47(44)33-40)48-25-9-10-30-52-48;/h1-31H;/q;+2. The summed E-state index contributed by atoms with van der Waals surface area (Å²) in [5, 5.41) is 4.31. The summed E-state index contributed by atoms with van der Waals surface area (Å²) in [6.07, 6.45) is 3.59. The van der Waals surface area contributed by atoms with E-state index in [-0.39, 0.29) is 20.4 Å². The topological polar surface area (TPSA) is 46.0 Å². The Kier molecular flexibility index (Phi) is 8.90. The molecule has 1 aliphatic rings. The zero-order chi connectivity index (χ0) is 37.7. The minimum absolute atomic E-state index is 0. The minimum atomic E-state index is 0. The van der Waals surface area contributed by atoms with E-state index >= 15 is 0 Å². The first-order chi connectivity index (χ1) is 28.3. The second-order valence-electron chi connectivity index (χ2n) is 13.8. The molecule has 0 radical (unpaired) electrons. The SMILES string of the molecule is C1=[N+](c2[c-]c(Oc3[c-]c4c(cc3)c3cccnc3n4-c3ccccn3)ccc2)c2ccc3ccccc3c2[N+]=1c1c(-c2ccccc2)cccc1-c1ccccc1.[Pd+2]. The van der Waals surface area contributed by atoms with Crippen molar-refractivity contribution in [3.05, 3.63) is 200 Å². The van der Waals surface area contributed by atoms with Gasteiger partial charge in [-0.25, -0.2) is 9.97 Å². The van der Waals surface area contributed by atoms with E-state index in [1.807, 2.05) is 53.1 Å². The van der Waals surface area contributed by atoms with Crippen LogP contribution in [0.25, 0.3) is 60.8 Å². The number of rotatable bonds is 7. The molecule has 7 heteroatoms. The molecule has 0 fully saturated rings. The molecule has 4 heterocycles. The first kappa shape index (κ1) is 35.2. The van der Waals surface area contributed by atoms with Crippen molar-refractivity contribution in [2.75, 3.05) is 0 Å². The van der Waals surface area contributed by atoms with E-state index in [4.69, 9.17) is 9.72 Å². The molecular formula is C51H31N5OPd+2. The number of para-hydroxylation sites is 1. The van der Waals surface area contributed by atoms with Crippen LogP contribution < -0.4 is 13.9 Å². The van der Waals surface area contributed by atoms with Crippen molar-refractivity contribution in [3.8, 4) is 39.6 Å². The third-order valence-corrected chi connectivity index (χ3v) is 10.5. The molecule has 7 aromatic carbocycles. The average Bonchev–Trinajstić information content (AvgIpc) is 3.83. The molecule has 6 nitrogen and oxygen atoms in total. The predicted octanol–water partition coefficient (Wildman–Crippen LogP) is 12.3. The van der Waals surface area contributed by atoms with E-state index < -0.39 is 0 Å². The summed E-state index contributed by atoms with van der Waals surface area (Å²) in [5.74, 6) is 1.87. The monoisotopic (exact) mass is 835 g/mol. The Labute approximate surface area is 348 Å². The first-order valence-corrected chi connectivity index (χ1v) is 18.8. The molecule has 0 spiro atoms. The molecule has 0 atom stereocenters. The van der Waals surface area contributed by atoms with Crippen LogP contribution in [0.4, 0.5) is 22.7 Å². The van der Waals surface area contributed by atoms with Crippen molar-refractivity contribution in [2.24, 2.45) is 0 Å². The number of nitrogens with zero attached hydrogens (tertiary/aromatic N) is 5. The average molecular weight is 836 g/mol. The molecule has 58 heavy (non-hydrogen) atoms. The molecule has 1 aliphatic heterocycles. The molecule has 0 N–H and O–H groups in total. The number of pyridine rings is 2. The van der Waals surface area contributed by atoms with Gasteiger partial charge < -0.3 is 9.30 Å². The van der Waals surface area contributed by atoms with Gasteiger partial charge >= 0.3 is 32.1 Å². The van der Waals surface area contributed by atoms with Gasteiger partial charge in [0.05, 0.1) is 16.5 Å². The second-order valence-corrected chi connectivity index (χ2v) is 13.8. The summed E-state index contributed by atoms with van der Waals surface area (Å²) in [6.45, 7) is 0. The Balaban J connectivity index is 0.00000408. The minimum Gasteiger partial charge on any atom is -0.509 e. The van der Waals surface area contributed by atoms with E-state index in [0.29, 0.717) is 11.5 Å². The maximum absolute atomic E-state index is 6.56. The maximum Gasteiger partial charge on any atom is 2.00 e. The van der Waals surface area contributed by atoms with Gasteiger partial charge in [-0.3, -0.25) is 0 Å². The van der Waals surface area contributed by atoms with Crippen LogP contribution in [0.1, 0.15) is 0 Å². The smallest absolute Gasteiger partial charge is 0.509 e. The quantitative estimate of drug-likeness (QED) is 0.0913. The Hall–Kier alpha value is -7.26. The van der Waals surface area contributed by atoms with Crippen LogP contribution in [0, 0.1) is 12.1 Å². The van der Waals surface area contributed by atoms with Gasteiger partial charge in [0.15, 0.2) is 0 Å². The predicted molar refractivity (Wildman–Crippen MR) is 230 cm³/mol. The molecule has 3 aromatic heterocycles. The van der Waals surface area contributed by atoms with Crippen LogP contribution in [0.5, 0.6) is 11.5 Å². The van der Waals surface area contributed by atoms with E-state index in [0.717, 1.165) is 83.5 Å². The molecular weight excluding hydrogens is 805 g/mol. The number of hydrogen-bond acceptors (Lipinski definition) is 3. The molecule has 0 saturated carbocycles. The molecule has 0 amide bonds. The number of aromatic nitrogens is 3. The van der Waals surface area contributed by atoms with Gasteiger partial charge in [-0.1, -0.05) is 119 Å². The zero-order valence-electron chi connectivity index (χ0n) is 30.9. The van der Waals surface area contributed by atoms with Crippen molar-refractivity contribution < 1.29 is 25.2 Å². The third-order valence-electron chi connectivity index (χ3n) is 10.5. The first-order valence-electron chi connectivity index (χ1n) is 18.8. The van der Waals surface area contributed by atoms with Gasteiger partial charge in [0.25, 0.3) is 5.69 Å². The number of ether oxygens (including phenoxy) is 1. The molecule has 0 unspecified atom stereocenters. The third kappa shape index (κ3) is 5.94. The molecule has 0 saturated heterocycles. The van der Waals surface area contributed by atoms with Crippen LogP contribution in [-0.4, -0.2) is 20.5 Å². The van der Waals surface area contributed by atoms with Crippen molar-refractivity contribution in [1.29, 1.82) is 0 Å². The number of fused-ring (bicyclic) bond motifs is 6. The fourth-order valence-electron chi connectivity index (χ4n) is 7.96. The van der Waals surface area contributed by atoms with E-state index in [9.17, 15) is 0 Å². The normalized spacial score (nSPS) is 11.9. The molecule has 274 valence electrons. The fourth-order valence-corrected chi connectivity index (χ4v) is 7.96. The Morgan fingerprint density at radius 1 is 0.500 bits per heavy atom. The van der Waals surface area contributed by atoms with E-state index in [1.165, 1.54) is 0 Å². The zero-order valence-corrected chi connectivity index (χ0v) is 32.4. The Bertz CT molecular complexity index is 3190. The van der Waals surface area contributed by atoms with Gasteiger partial charge in [-0.15, -0.1) is 23.6 Å². The number of benzene rings is 7. The van der Waals surface area contributed by atoms with Crippen molar-refractivity contribution in [3.63, 3.8) is 0 Å². The molecule has 0 aliphatic carbocycles. The van der Waals surface area contributed by atoms with Crippen LogP contribution >= 0.6 is 0 Å². The Morgan fingerprint density at radius 3 is 1.97 bits per heavy atom. The molecule has 11 rings (SSSR count). The maximum atomic E-state index is 6.56. The number of hydrogen-bond donors (Lipinski definition) is 0. The van der Waals surface area contributed by atoms with E-state index in [1.54, 1.807) is 12.4 Å². The van der Waals surface area contributed by atoms with Crippen LogP contribution in [-0.2, 0) is 20.4 Å². The van der Waals surface area contributed by atoms with Gasteiger partial charge in [-0.2, -0.15) is 12.1 Å². The van der Waals surface area contributed by atoms with E-state index in [2.05, 4.69) is 160 Å². The van der Waals surface area contributed by atoms with Gasteiger partial charge in [-0.05, 0) is 68.9 Å². The van der Waals surface area contributed by atoms with Gasteiger partial charge in [0.1, 0.15) is 17.2 Å². The summed E-state index contributed by atoms with van der Waals surface area (Å²) in [7, 11) is 0. The van der Waals surface area contributed by atoms with Crippen LogP contribution in [0.15, 0.2) is 188 Å².